The Morgan fingerprint density at radius 2 is 2.05 bits per heavy atom. The summed E-state index contributed by atoms with van der Waals surface area (Å²) in [5, 5.41) is 4.59. The number of hydrogen-bond donors (Lipinski definition) is 0. The standard InChI is InChI=1S/C15H10O4S/c16-14-4-2-11-1-3-12(8-13(11)19-14)18-15(17)7-10-5-6-20-9-10/h1-6,8-9H,7H2. The number of ether oxygens (including phenoxy) is 1. The monoisotopic (exact) mass is 286 g/mol. The Labute approximate surface area is 118 Å². The smallest absolute Gasteiger partial charge is 0.336 e. The zero-order valence-electron chi connectivity index (χ0n) is 10.4. The molecule has 20 heavy (non-hydrogen) atoms. The molecule has 0 unspecified atom stereocenters. The van der Waals surface area contributed by atoms with Crippen molar-refractivity contribution in [2.45, 2.75) is 6.42 Å². The lowest BCUT2D eigenvalue weighted by molar-refractivity contribution is -0.133. The maximum atomic E-state index is 11.8. The van der Waals surface area contributed by atoms with Gasteiger partial charge in [-0.05, 0) is 40.6 Å². The number of rotatable bonds is 3. The summed E-state index contributed by atoms with van der Waals surface area (Å²) in [6.07, 6.45) is 0.222. The van der Waals surface area contributed by atoms with Crippen LogP contribution >= 0.6 is 11.3 Å². The fourth-order valence-electron chi connectivity index (χ4n) is 1.83. The van der Waals surface area contributed by atoms with Gasteiger partial charge >= 0.3 is 11.6 Å². The minimum atomic E-state index is -0.431. The average molecular weight is 286 g/mol. The number of fused-ring (bicyclic) bond motifs is 1. The van der Waals surface area contributed by atoms with E-state index < -0.39 is 5.63 Å². The molecule has 4 nitrogen and oxygen atoms in total. The van der Waals surface area contributed by atoms with E-state index in [9.17, 15) is 9.59 Å². The van der Waals surface area contributed by atoms with Crippen LogP contribution in [-0.2, 0) is 11.2 Å². The molecule has 0 saturated heterocycles. The highest BCUT2D eigenvalue weighted by Crippen LogP contribution is 2.20. The van der Waals surface area contributed by atoms with Crippen LogP contribution in [0.4, 0.5) is 0 Å². The predicted octanol–water partition coefficient (Wildman–Crippen LogP) is 3.00. The van der Waals surface area contributed by atoms with Crippen molar-refractivity contribution >= 4 is 28.3 Å². The molecule has 0 aliphatic carbocycles. The maximum Gasteiger partial charge on any atom is 0.336 e. The van der Waals surface area contributed by atoms with E-state index in [0.717, 1.165) is 10.9 Å². The number of carbonyl (C=O) groups excluding carboxylic acids is 1. The first-order valence-electron chi connectivity index (χ1n) is 5.96. The first-order chi connectivity index (χ1) is 9.70. The topological polar surface area (TPSA) is 56.5 Å². The lowest BCUT2D eigenvalue weighted by Gasteiger charge is -2.04. The Bertz CT molecular complexity index is 802. The average Bonchev–Trinajstić information content (AvgIpc) is 2.91. The Hall–Kier alpha value is -2.40. The van der Waals surface area contributed by atoms with Gasteiger partial charge in [-0.1, -0.05) is 0 Å². The molecule has 0 spiro atoms. The quantitative estimate of drug-likeness (QED) is 0.422. The molecular formula is C15H10O4S. The molecule has 0 saturated carbocycles. The predicted molar refractivity (Wildman–Crippen MR) is 76.1 cm³/mol. The largest absolute Gasteiger partial charge is 0.426 e. The third-order valence-corrected chi connectivity index (χ3v) is 3.49. The van der Waals surface area contributed by atoms with E-state index in [2.05, 4.69) is 0 Å². The first kappa shape index (κ1) is 12.6. The van der Waals surface area contributed by atoms with Crippen LogP contribution < -0.4 is 10.4 Å². The van der Waals surface area contributed by atoms with Crippen LogP contribution in [0.3, 0.4) is 0 Å². The summed E-state index contributed by atoms with van der Waals surface area (Å²) in [5.74, 6) is 0.0214. The fourth-order valence-corrected chi connectivity index (χ4v) is 2.50. The Balaban J connectivity index is 1.80. The van der Waals surface area contributed by atoms with Crippen molar-refractivity contribution in [1.82, 2.24) is 0 Å². The van der Waals surface area contributed by atoms with Crippen LogP contribution in [0, 0.1) is 0 Å². The summed E-state index contributed by atoms with van der Waals surface area (Å²) in [6, 6.07) is 9.86. The number of hydrogen-bond acceptors (Lipinski definition) is 5. The summed E-state index contributed by atoms with van der Waals surface area (Å²) in [4.78, 5) is 22.9. The highest BCUT2D eigenvalue weighted by atomic mass is 32.1. The molecule has 5 heteroatoms. The molecule has 2 heterocycles. The van der Waals surface area contributed by atoms with E-state index in [1.54, 1.807) is 24.3 Å². The van der Waals surface area contributed by atoms with Gasteiger partial charge in [0.25, 0.3) is 0 Å². The number of thiophene rings is 1. The lowest BCUT2D eigenvalue weighted by atomic mass is 10.2. The molecule has 3 rings (SSSR count). The molecule has 0 aliphatic rings. The van der Waals surface area contributed by atoms with E-state index in [-0.39, 0.29) is 12.4 Å². The van der Waals surface area contributed by atoms with E-state index >= 15 is 0 Å². The van der Waals surface area contributed by atoms with Gasteiger partial charge in [0.15, 0.2) is 0 Å². The Kier molecular flexibility index (Phi) is 3.35. The molecule has 0 N–H and O–H groups in total. The third kappa shape index (κ3) is 2.78. The second-order valence-corrected chi connectivity index (χ2v) is 5.02. The lowest BCUT2D eigenvalue weighted by Crippen LogP contribution is -2.10. The van der Waals surface area contributed by atoms with Crippen LogP contribution in [0.15, 0.2) is 56.4 Å². The highest BCUT2D eigenvalue weighted by Gasteiger charge is 2.08. The fraction of sp³-hybridized carbons (Fsp3) is 0.0667. The van der Waals surface area contributed by atoms with Crippen molar-refractivity contribution in [2.24, 2.45) is 0 Å². The number of carbonyl (C=O) groups is 1. The minimum absolute atomic E-state index is 0.222. The van der Waals surface area contributed by atoms with E-state index in [1.807, 2.05) is 16.8 Å². The van der Waals surface area contributed by atoms with Crippen LogP contribution in [0.2, 0.25) is 0 Å². The van der Waals surface area contributed by atoms with Crippen molar-refractivity contribution < 1.29 is 13.9 Å². The number of benzene rings is 1. The maximum absolute atomic E-state index is 11.8. The van der Waals surface area contributed by atoms with E-state index in [1.165, 1.54) is 17.4 Å². The van der Waals surface area contributed by atoms with Crippen LogP contribution in [0.5, 0.6) is 5.75 Å². The van der Waals surface area contributed by atoms with E-state index in [0.29, 0.717) is 11.3 Å². The second-order valence-electron chi connectivity index (χ2n) is 4.24. The zero-order chi connectivity index (χ0) is 13.9. The summed E-state index contributed by atoms with van der Waals surface area (Å²) >= 11 is 1.53. The summed E-state index contributed by atoms with van der Waals surface area (Å²) in [7, 11) is 0. The van der Waals surface area contributed by atoms with Crippen molar-refractivity contribution in [3.63, 3.8) is 0 Å². The highest BCUT2D eigenvalue weighted by molar-refractivity contribution is 7.07. The first-order valence-corrected chi connectivity index (χ1v) is 6.91. The molecule has 0 fully saturated rings. The Morgan fingerprint density at radius 1 is 1.20 bits per heavy atom. The minimum Gasteiger partial charge on any atom is -0.426 e. The van der Waals surface area contributed by atoms with E-state index in [4.69, 9.17) is 9.15 Å². The van der Waals surface area contributed by atoms with Gasteiger partial charge in [0.2, 0.25) is 0 Å². The summed E-state index contributed by atoms with van der Waals surface area (Å²) < 4.78 is 10.3. The Morgan fingerprint density at radius 3 is 2.85 bits per heavy atom. The third-order valence-electron chi connectivity index (χ3n) is 2.75. The van der Waals surface area contributed by atoms with Gasteiger partial charge in [-0.15, -0.1) is 0 Å². The van der Waals surface area contributed by atoms with Gasteiger partial charge in [0.05, 0.1) is 6.42 Å². The number of esters is 1. The van der Waals surface area contributed by atoms with Gasteiger partial charge in [-0.3, -0.25) is 4.79 Å². The summed E-state index contributed by atoms with van der Waals surface area (Å²) in [6.45, 7) is 0. The SMILES string of the molecule is O=C(Cc1ccsc1)Oc1ccc2ccc(=O)oc2c1. The molecule has 0 aliphatic heterocycles. The van der Waals surface area contributed by atoms with Crippen molar-refractivity contribution in [3.05, 3.63) is 63.1 Å². The summed E-state index contributed by atoms with van der Waals surface area (Å²) in [5.41, 5.74) is 0.893. The van der Waals surface area contributed by atoms with Gasteiger partial charge < -0.3 is 9.15 Å². The molecule has 0 bridgehead atoms. The van der Waals surface area contributed by atoms with Gasteiger partial charge in [0.1, 0.15) is 11.3 Å². The van der Waals surface area contributed by atoms with Gasteiger partial charge in [-0.2, -0.15) is 11.3 Å². The van der Waals surface area contributed by atoms with Gasteiger partial charge in [0, 0.05) is 17.5 Å². The van der Waals surface area contributed by atoms with Crippen LogP contribution in [-0.4, -0.2) is 5.97 Å². The molecule has 0 radical (unpaired) electrons. The molecule has 2 aromatic heterocycles. The van der Waals surface area contributed by atoms with Crippen molar-refractivity contribution in [1.29, 1.82) is 0 Å². The molecule has 0 atom stereocenters. The van der Waals surface area contributed by atoms with Gasteiger partial charge in [-0.25, -0.2) is 4.79 Å². The molecular weight excluding hydrogens is 276 g/mol. The second kappa shape index (κ2) is 5.30. The van der Waals surface area contributed by atoms with Crippen LogP contribution in [0.1, 0.15) is 5.56 Å². The van der Waals surface area contributed by atoms with Crippen molar-refractivity contribution in [2.75, 3.05) is 0 Å². The normalized spacial score (nSPS) is 10.6. The van der Waals surface area contributed by atoms with Crippen LogP contribution in [0.25, 0.3) is 11.0 Å². The van der Waals surface area contributed by atoms with Crippen molar-refractivity contribution in [3.8, 4) is 5.75 Å². The molecule has 100 valence electrons. The molecule has 1 aromatic carbocycles. The molecule has 3 aromatic rings. The molecule has 0 amide bonds. The zero-order valence-corrected chi connectivity index (χ0v) is 11.2.